The Morgan fingerprint density at radius 3 is 2.68 bits per heavy atom. The standard InChI is InChI=1S/C14H12ClN3O/c1-19-14-7-10(3-4-11(14)15)18-13-5-2-9(8-16)6-12(13)17/h2-7,18H,17H2,1H3. The first-order chi connectivity index (χ1) is 9.13. The van der Waals surface area contributed by atoms with Gasteiger partial charge in [0.05, 0.1) is 35.1 Å². The summed E-state index contributed by atoms with van der Waals surface area (Å²) in [4.78, 5) is 0. The Bertz CT molecular complexity index is 650. The second-order valence-corrected chi connectivity index (χ2v) is 4.30. The van der Waals surface area contributed by atoms with Crippen LogP contribution in [0.4, 0.5) is 17.1 Å². The molecule has 0 heterocycles. The highest BCUT2D eigenvalue weighted by Crippen LogP contribution is 2.30. The van der Waals surface area contributed by atoms with E-state index < -0.39 is 0 Å². The Morgan fingerprint density at radius 2 is 2.05 bits per heavy atom. The van der Waals surface area contributed by atoms with Crippen molar-refractivity contribution in [2.75, 3.05) is 18.2 Å². The lowest BCUT2D eigenvalue weighted by Crippen LogP contribution is -1.97. The van der Waals surface area contributed by atoms with Gasteiger partial charge in [0.1, 0.15) is 5.75 Å². The van der Waals surface area contributed by atoms with Crippen LogP contribution in [0.5, 0.6) is 5.75 Å². The van der Waals surface area contributed by atoms with Gasteiger partial charge in [0.25, 0.3) is 0 Å². The van der Waals surface area contributed by atoms with Crippen LogP contribution in [0.25, 0.3) is 0 Å². The average Bonchev–Trinajstić information content (AvgIpc) is 2.43. The maximum atomic E-state index is 8.78. The summed E-state index contributed by atoms with van der Waals surface area (Å²) in [5.74, 6) is 0.582. The molecule has 0 radical (unpaired) electrons. The largest absolute Gasteiger partial charge is 0.495 e. The summed E-state index contributed by atoms with van der Waals surface area (Å²) in [6.45, 7) is 0. The van der Waals surface area contributed by atoms with Crippen molar-refractivity contribution in [2.45, 2.75) is 0 Å². The van der Waals surface area contributed by atoms with E-state index in [9.17, 15) is 0 Å². The molecule has 3 N–H and O–H groups in total. The first-order valence-corrected chi connectivity index (χ1v) is 5.92. The van der Waals surface area contributed by atoms with E-state index in [-0.39, 0.29) is 0 Å². The molecule has 2 aromatic carbocycles. The monoisotopic (exact) mass is 273 g/mol. The summed E-state index contributed by atoms with van der Waals surface area (Å²) in [6, 6.07) is 12.5. The molecular weight excluding hydrogens is 262 g/mol. The lowest BCUT2D eigenvalue weighted by atomic mass is 10.2. The number of nitrogens with two attached hydrogens (primary N) is 1. The minimum atomic E-state index is 0.507. The smallest absolute Gasteiger partial charge is 0.139 e. The molecule has 0 aliphatic rings. The molecule has 5 heteroatoms. The fourth-order valence-electron chi connectivity index (χ4n) is 1.64. The predicted molar refractivity (Wildman–Crippen MR) is 76.9 cm³/mol. The van der Waals surface area contributed by atoms with Crippen LogP contribution in [0.1, 0.15) is 5.56 Å². The van der Waals surface area contributed by atoms with Crippen LogP contribution in [0.15, 0.2) is 36.4 Å². The van der Waals surface area contributed by atoms with E-state index >= 15 is 0 Å². The molecular formula is C14H12ClN3O. The van der Waals surface area contributed by atoms with Crippen molar-refractivity contribution >= 4 is 28.7 Å². The number of ether oxygens (including phenoxy) is 1. The highest BCUT2D eigenvalue weighted by atomic mass is 35.5. The number of nitriles is 1. The highest BCUT2D eigenvalue weighted by Gasteiger charge is 2.05. The van der Waals surface area contributed by atoms with Crippen molar-refractivity contribution < 1.29 is 4.74 Å². The van der Waals surface area contributed by atoms with Gasteiger partial charge in [0.2, 0.25) is 0 Å². The van der Waals surface area contributed by atoms with Gasteiger partial charge in [-0.3, -0.25) is 0 Å². The van der Waals surface area contributed by atoms with Crippen LogP contribution in [0, 0.1) is 11.3 Å². The maximum Gasteiger partial charge on any atom is 0.139 e. The third-order valence-corrected chi connectivity index (χ3v) is 2.92. The Balaban J connectivity index is 2.29. The maximum absolute atomic E-state index is 8.78. The Kier molecular flexibility index (Phi) is 3.79. The van der Waals surface area contributed by atoms with E-state index in [1.807, 2.05) is 12.1 Å². The van der Waals surface area contributed by atoms with Crippen LogP contribution in [-0.4, -0.2) is 7.11 Å². The second kappa shape index (κ2) is 5.51. The van der Waals surface area contributed by atoms with Gasteiger partial charge < -0.3 is 15.8 Å². The lowest BCUT2D eigenvalue weighted by Gasteiger charge is -2.11. The molecule has 4 nitrogen and oxygen atoms in total. The van der Waals surface area contributed by atoms with Gasteiger partial charge >= 0.3 is 0 Å². The highest BCUT2D eigenvalue weighted by molar-refractivity contribution is 6.32. The van der Waals surface area contributed by atoms with E-state index in [0.717, 1.165) is 11.4 Å². The second-order valence-electron chi connectivity index (χ2n) is 3.89. The molecule has 0 aromatic heterocycles. The lowest BCUT2D eigenvalue weighted by molar-refractivity contribution is 0.415. The number of hydrogen-bond acceptors (Lipinski definition) is 4. The minimum absolute atomic E-state index is 0.507. The summed E-state index contributed by atoms with van der Waals surface area (Å²) in [7, 11) is 1.56. The van der Waals surface area contributed by atoms with Crippen molar-refractivity contribution in [1.82, 2.24) is 0 Å². The molecule has 19 heavy (non-hydrogen) atoms. The van der Waals surface area contributed by atoms with Crippen molar-refractivity contribution in [3.8, 4) is 11.8 Å². The molecule has 0 spiro atoms. The zero-order valence-electron chi connectivity index (χ0n) is 10.3. The fraction of sp³-hybridized carbons (Fsp3) is 0.0714. The molecule has 0 saturated carbocycles. The number of methoxy groups -OCH3 is 1. The number of nitrogens with one attached hydrogen (secondary N) is 1. The van der Waals surface area contributed by atoms with Crippen molar-refractivity contribution in [3.05, 3.63) is 47.0 Å². The molecule has 0 amide bonds. The van der Waals surface area contributed by atoms with Crippen LogP contribution in [0.3, 0.4) is 0 Å². The fourth-order valence-corrected chi connectivity index (χ4v) is 1.83. The number of rotatable bonds is 3. The van der Waals surface area contributed by atoms with Gasteiger partial charge in [0.15, 0.2) is 0 Å². The van der Waals surface area contributed by atoms with Crippen molar-refractivity contribution in [3.63, 3.8) is 0 Å². The quantitative estimate of drug-likeness (QED) is 0.839. The Labute approximate surface area is 116 Å². The molecule has 0 saturated heterocycles. The van der Waals surface area contributed by atoms with E-state index in [1.165, 1.54) is 0 Å². The first-order valence-electron chi connectivity index (χ1n) is 5.54. The topological polar surface area (TPSA) is 71.1 Å². The first kappa shape index (κ1) is 13.1. The molecule has 96 valence electrons. The van der Waals surface area contributed by atoms with Gasteiger partial charge in [0, 0.05) is 11.8 Å². The van der Waals surface area contributed by atoms with E-state index in [4.69, 9.17) is 27.3 Å². The molecule has 0 aliphatic heterocycles. The third-order valence-electron chi connectivity index (χ3n) is 2.61. The van der Waals surface area contributed by atoms with Gasteiger partial charge in [-0.15, -0.1) is 0 Å². The summed E-state index contributed by atoms with van der Waals surface area (Å²) in [5.41, 5.74) is 8.44. The van der Waals surface area contributed by atoms with Crippen molar-refractivity contribution in [1.29, 1.82) is 5.26 Å². The van der Waals surface area contributed by atoms with E-state index in [0.29, 0.717) is 22.0 Å². The van der Waals surface area contributed by atoms with Crippen molar-refractivity contribution in [2.24, 2.45) is 0 Å². The van der Waals surface area contributed by atoms with E-state index in [2.05, 4.69) is 5.32 Å². The van der Waals surface area contributed by atoms with Crippen LogP contribution in [0.2, 0.25) is 5.02 Å². The molecule has 0 unspecified atom stereocenters. The van der Waals surface area contributed by atoms with Crippen LogP contribution < -0.4 is 15.8 Å². The number of nitrogens with zero attached hydrogens (tertiary/aromatic N) is 1. The zero-order valence-corrected chi connectivity index (χ0v) is 11.0. The minimum Gasteiger partial charge on any atom is -0.495 e. The SMILES string of the molecule is COc1cc(Nc2ccc(C#N)cc2N)ccc1Cl. The molecule has 2 rings (SSSR count). The molecule has 0 aliphatic carbocycles. The molecule has 0 bridgehead atoms. The summed E-state index contributed by atoms with van der Waals surface area (Å²) in [6.07, 6.45) is 0. The number of benzene rings is 2. The van der Waals surface area contributed by atoms with Crippen LogP contribution >= 0.6 is 11.6 Å². The van der Waals surface area contributed by atoms with Gasteiger partial charge in [-0.1, -0.05) is 11.6 Å². The summed E-state index contributed by atoms with van der Waals surface area (Å²) >= 11 is 5.96. The summed E-state index contributed by atoms with van der Waals surface area (Å²) < 4.78 is 5.14. The predicted octanol–water partition coefficient (Wildman–Crippen LogP) is 3.55. The molecule has 0 atom stereocenters. The number of nitrogen functional groups attached to an aromatic ring is 1. The normalized spacial score (nSPS) is 9.74. The Hall–Kier alpha value is -2.38. The van der Waals surface area contributed by atoms with Crippen LogP contribution in [-0.2, 0) is 0 Å². The van der Waals surface area contributed by atoms with Gasteiger partial charge in [-0.05, 0) is 30.3 Å². The average molecular weight is 274 g/mol. The molecule has 2 aromatic rings. The molecule has 0 fully saturated rings. The number of anilines is 3. The third kappa shape index (κ3) is 2.90. The number of hydrogen-bond donors (Lipinski definition) is 2. The zero-order chi connectivity index (χ0) is 13.8. The van der Waals surface area contributed by atoms with Gasteiger partial charge in [-0.2, -0.15) is 5.26 Å². The van der Waals surface area contributed by atoms with Gasteiger partial charge in [-0.25, -0.2) is 0 Å². The number of halogens is 1. The Morgan fingerprint density at radius 1 is 1.26 bits per heavy atom. The van der Waals surface area contributed by atoms with E-state index in [1.54, 1.807) is 37.4 Å². The summed E-state index contributed by atoms with van der Waals surface area (Å²) in [5, 5.41) is 12.5.